The predicted octanol–water partition coefficient (Wildman–Crippen LogP) is 2.13. The molecular weight excluding hydrogens is 286 g/mol. The van der Waals surface area contributed by atoms with Gasteiger partial charge in [0.1, 0.15) is 17.1 Å². The first-order valence-corrected chi connectivity index (χ1v) is 7.27. The lowest BCUT2D eigenvalue weighted by atomic mass is 9.79. The van der Waals surface area contributed by atoms with Crippen molar-refractivity contribution in [1.82, 2.24) is 0 Å². The number of esters is 1. The highest BCUT2D eigenvalue weighted by Crippen LogP contribution is 2.43. The summed E-state index contributed by atoms with van der Waals surface area (Å²) in [5.74, 6) is -0.303. The molecular formula is C16H17NO5. The van der Waals surface area contributed by atoms with Gasteiger partial charge in [0.2, 0.25) is 5.88 Å². The van der Waals surface area contributed by atoms with Gasteiger partial charge < -0.3 is 19.6 Å². The summed E-state index contributed by atoms with van der Waals surface area (Å²) in [6, 6.07) is 3.42. The molecule has 1 atom stereocenters. The van der Waals surface area contributed by atoms with Crippen LogP contribution < -0.4 is 5.73 Å². The molecule has 2 N–H and O–H groups in total. The monoisotopic (exact) mass is 303 g/mol. The summed E-state index contributed by atoms with van der Waals surface area (Å²) in [6.45, 7) is 1.91. The standard InChI is InChI=1S/C16H17NO5/c1-2-20-16(19)14-13(10-7-4-8-21-10)12-9(18)5-3-6-11(12)22-15(14)17/h4,7-8,13H,2-3,5-6,17H2,1H3/t13-/m1/s1. The number of carbonyl (C=O) groups excluding carboxylic acids is 2. The summed E-state index contributed by atoms with van der Waals surface area (Å²) in [5, 5.41) is 0. The Morgan fingerprint density at radius 1 is 1.45 bits per heavy atom. The van der Waals surface area contributed by atoms with E-state index in [0.717, 1.165) is 0 Å². The zero-order valence-corrected chi connectivity index (χ0v) is 12.3. The molecule has 0 amide bonds. The van der Waals surface area contributed by atoms with E-state index in [4.69, 9.17) is 19.6 Å². The minimum atomic E-state index is -0.661. The van der Waals surface area contributed by atoms with Crippen molar-refractivity contribution in [2.75, 3.05) is 6.61 Å². The SMILES string of the molecule is CCOC(=O)C1=C(N)OC2=C(C(=O)CCC2)[C@H]1c1ccco1. The van der Waals surface area contributed by atoms with Crippen molar-refractivity contribution in [3.8, 4) is 0 Å². The maximum Gasteiger partial charge on any atom is 0.340 e. The van der Waals surface area contributed by atoms with Crippen molar-refractivity contribution in [2.24, 2.45) is 5.73 Å². The summed E-state index contributed by atoms with van der Waals surface area (Å²) < 4.78 is 16.0. The lowest BCUT2D eigenvalue weighted by molar-refractivity contribution is -0.139. The number of Topliss-reactive ketones (excluding diaryl/α,β-unsaturated/α-hetero) is 1. The molecule has 0 bridgehead atoms. The number of furan rings is 1. The minimum Gasteiger partial charge on any atom is -0.468 e. The first-order valence-electron chi connectivity index (χ1n) is 7.27. The molecule has 0 saturated carbocycles. The van der Waals surface area contributed by atoms with Gasteiger partial charge >= 0.3 is 5.97 Å². The van der Waals surface area contributed by atoms with Crippen LogP contribution in [0.15, 0.2) is 45.6 Å². The molecule has 6 nitrogen and oxygen atoms in total. The molecule has 0 radical (unpaired) electrons. The minimum absolute atomic E-state index is 0.0201. The molecule has 0 unspecified atom stereocenters. The van der Waals surface area contributed by atoms with Crippen molar-refractivity contribution >= 4 is 11.8 Å². The van der Waals surface area contributed by atoms with Gasteiger partial charge in [0.15, 0.2) is 5.78 Å². The number of hydrogen-bond acceptors (Lipinski definition) is 6. The third kappa shape index (κ3) is 2.30. The van der Waals surface area contributed by atoms with Gasteiger partial charge in [-0.1, -0.05) is 0 Å². The zero-order valence-electron chi connectivity index (χ0n) is 12.3. The fourth-order valence-corrected chi connectivity index (χ4v) is 2.90. The number of hydrogen-bond donors (Lipinski definition) is 1. The van der Waals surface area contributed by atoms with E-state index < -0.39 is 11.9 Å². The third-order valence-corrected chi connectivity index (χ3v) is 3.81. The molecule has 2 aliphatic rings. The van der Waals surface area contributed by atoms with Gasteiger partial charge in [0.05, 0.1) is 18.8 Å². The number of allylic oxidation sites excluding steroid dienone is 2. The second-order valence-electron chi connectivity index (χ2n) is 5.16. The van der Waals surface area contributed by atoms with Gasteiger partial charge in [0, 0.05) is 18.4 Å². The molecule has 0 aromatic carbocycles. The predicted molar refractivity (Wildman–Crippen MR) is 76.3 cm³/mol. The van der Waals surface area contributed by atoms with Gasteiger partial charge in [-0.2, -0.15) is 0 Å². The van der Waals surface area contributed by atoms with Gasteiger partial charge in [-0.05, 0) is 25.5 Å². The van der Waals surface area contributed by atoms with E-state index in [2.05, 4.69) is 0 Å². The van der Waals surface area contributed by atoms with E-state index in [-0.39, 0.29) is 23.8 Å². The lowest BCUT2D eigenvalue weighted by Crippen LogP contribution is -2.31. The Hall–Kier alpha value is -2.50. The molecule has 0 fully saturated rings. The van der Waals surface area contributed by atoms with E-state index in [9.17, 15) is 9.59 Å². The summed E-state index contributed by atoms with van der Waals surface area (Å²) in [4.78, 5) is 24.7. The second-order valence-corrected chi connectivity index (χ2v) is 5.16. The van der Waals surface area contributed by atoms with Gasteiger partial charge in [-0.15, -0.1) is 0 Å². The van der Waals surface area contributed by atoms with Crippen LogP contribution in [0.4, 0.5) is 0 Å². The van der Waals surface area contributed by atoms with Gasteiger partial charge in [0.25, 0.3) is 0 Å². The highest BCUT2D eigenvalue weighted by atomic mass is 16.5. The first kappa shape index (κ1) is 14.4. The highest BCUT2D eigenvalue weighted by molar-refractivity contribution is 6.03. The van der Waals surface area contributed by atoms with Gasteiger partial charge in [-0.3, -0.25) is 4.79 Å². The number of ketones is 1. The topological polar surface area (TPSA) is 91.8 Å². The largest absolute Gasteiger partial charge is 0.468 e. The summed E-state index contributed by atoms with van der Waals surface area (Å²) in [7, 11) is 0. The van der Waals surface area contributed by atoms with Crippen LogP contribution in [0.2, 0.25) is 0 Å². The lowest BCUT2D eigenvalue weighted by Gasteiger charge is -2.31. The number of rotatable bonds is 3. The summed E-state index contributed by atoms with van der Waals surface area (Å²) >= 11 is 0. The van der Waals surface area contributed by atoms with Crippen LogP contribution in [0.5, 0.6) is 0 Å². The normalized spacial score (nSPS) is 21.5. The molecule has 0 saturated heterocycles. The quantitative estimate of drug-likeness (QED) is 0.860. The first-order chi connectivity index (χ1) is 10.6. The van der Waals surface area contributed by atoms with Crippen LogP contribution in [0.1, 0.15) is 37.9 Å². The molecule has 0 spiro atoms. The second kappa shape index (κ2) is 5.71. The molecule has 116 valence electrons. The fourth-order valence-electron chi connectivity index (χ4n) is 2.90. The Kier molecular flexibility index (Phi) is 3.75. The molecule has 22 heavy (non-hydrogen) atoms. The van der Waals surface area contributed by atoms with Crippen molar-refractivity contribution in [2.45, 2.75) is 32.1 Å². The summed E-state index contributed by atoms with van der Waals surface area (Å²) in [6.07, 6.45) is 3.26. The number of carbonyl (C=O) groups is 2. The van der Waals surface area contributed by atoms with Crippen LogP contribution in [-0.4, -0.2) is 18.4 Å². The Bertz CT molecular complexity index is 669. The molecule has 2 heterocycles. The van der Waals surface area contributed by atoms with Crippen molar-refractivity contribution < 1.29 is 23.5 Å². The van der Waals surface area contributed by atoms with E-state index in [1.54, 1.807) is 19.1 Å². The molecule has 3 rings (SSSR count). The van der Waals surface area contributed by atoms with Crippen molar-refractivity contribution in [1.29, 1.82) is 0 Å². The fraction of sp³-hybridized carbons (Fsp3) is 0.375. The van der Waals surface area contributed by atoms with Crippen LogP contribution in [0.3, 0.4) is 0 Å². The maximum atomic E-state index is 12.4. The van der Waals surface area contributed by atoms with E-state index >= 15 is 0 Å². The van der Waals surface area contributed by atoms with E-state index in [1.165, 1.54) is 6.26 Å². The van der Waals surface area contributed by atoms with Crippen LogP contribution in [0.25, 0.3) is 0 Å². The van der Waals surface area contributed by atoms with E-state index in [0.29, 0.717) is 36.4 Å². The molecule has 1 aliphatic heterocycles. The average Bonchev–Trinajstić information content (AvgIpc) is 3.00. The third-order valence-electron chi connectivity index (χ3n) is 3.81. The number of ether oxygens (including phenoxy) is 2. The van der Waals surface area contributed by atoms with Crippen LogP contribution in [-0.2, 0) is 19.1 Å². The smallest absolute Gasteiger partial charge is 0.340 e. The van der Waals surface area contributed by atoms with Crippen molar-refractivity contribution in [3.63, 3.8) is 0 Å². The Balaban J connectivity index is 2.12. The average molecular weight is 303 g/mol. The zero-order chi connectivity index (χ0) is 15.7. The Labute approximate surface area is 127 Å². The van der Waals surface area contributed by atoms with Crippen LogP contribution in [0, 0.1) is 0 Å². The van der Waals surface area contributed by atoms with Gasteiger partial charge in [-0.25, -0.2) is 4.79 Å². The highest BCUT2D eigenvalue weighted by Gasteiger charge is 2.42. The molecule has 1 aliphatic carbocycles. The molecule has 1 aromatic rings. The molecule has 6 heteroatoms. The Morgan fingerprint density at radius 3 is 2.95 bits per heavy atom. The Morgan fingerprint density at radius 2 is 2.27 bits per heavy atom. The number of nitrogens with two attached hydrogens (primary N) is 1. The van der Waals surface area contributed by atoms with Crippen LogP contribution >= 0.6 is 0 Å². The van der Waals surface area contributed by atoms with Crippen molar-refractivity contribution in [3.05, 3.63) is 46.9 Å². The summed E-state index contributed by atoms with van der Waals surface area (Å²) in [5.41, 5.74) is 6.52. The maximum absolute atomic E-state index is 12.4. The van der Waals surface area contributed by atoms with E-state index in [1.807, 2.05) is 0 Å². The molecule has 1 aromatic heterocycles.